The Labute approximate surface area is 191 Å². The summed E-state index contributed by atoms with van der Waals surface area (Å²) in [5, 5.41) is 1.12. The van der Waals surface area contributed by atoms with Crippen molar-refractivity contribution in [1.29, 1.82) is 0 Å². The number of hydrogen-bond acceptors (Lipinski definition) is 4. The Kier molecular flexibility index (Phi) is 4.45. The third-order valence-corrected chi connectivity index (χ3v) is 8.29. The number of hydrogen-bond donors (Lipinski definition) is 1. The van der Waals surface area contributed by atoms with Gasteiger partial charge in [0.05, 0.1) is 22.3 Å². The third kappa shape index (κ3) is 3.19. The number of imide groups is 1. The van der Waals surface area contributed by atoms with Crippen molar-refractivity contribution in [1.82, 2.24) is 15.4 Å². The van der Waals surface area contributed by atoms with Crippen molar-refractivity contribution in [3.63, 3.8) is 0 Å². The molecule has 172 valence electrons. The van der Waals surface area contributed by atoms with Crippen molar-refractivity contribution in [2.24, 2.45) is 23.2 Å². The summed E-state index contributed by atoms with van der Waals surface area (Å²) < 4.78 is 14.0. The number of rotatable bonds is 4. The van der Waals surface area contributed by atoms with E-state index in [0.29, 0.717) is 40.8 Å². The molecule has 0 saturated heterocycles. The molecule has 4 bridgehead atoms. The highest BCUT2D eigenvalue weighted by Gasteiger charge is 2.52. The maximum absolute atomic E-state index is 14.0. The molecule has 3 amide bonds. The molecule has 1 aromatic carbocycles. The Balaban J connectivity index is 1.30. The van der Waals surface area contributed by atoms with Crippen LogP contribution in [0.2, 0.25) is 0 Å². The average molecular weight is 450 g/mol. The number of aromatic nitrogens is 1. The summed E-state index contributed by atoms with van der Waals surface area (Å²) >= 11 is 0. The molecular formula is C26H28FN3O3. The number of nitrogens with one attached hydrogen (secondary N) is 1. The predicted molar refractivity (Wildman–Crippen MR) is 120 cm³/mol. The van der Waals surface area contributed by atoms with Gasteiger partial charge in [-0.3, -0.25) is 24.8 Å². The van der Waals surface area contributed by atoms with Crippen molar-refractivity contribution in [3.05, 3.63) is 40.8 Å². The molecule has 2 aromatic rings. The van der Waals surface area contributed by atoms with Crippen LogP contribution < -0.4 is 5.43 Å². The predicted octanol–water partition coefficient (Wildman–Crippen LogP) is 4.73. The fraction of sp³-hybridized carbons (Fsp3) is 0.538. The van der Waals surface area contributed by atoms with Crippen LogP contribution in [0.4, 0.5) is 4.39 Å². The highest BCUT2D eigenvalue weighted by Crippen LogP contribution is 2.61. The first kappa shape index (κ1) is 20.8. The number of halogens is 1. The van der Waals surface area contributed by atoms with Crippen LogP contribution in [0.3, 0.4) is 0 Å². The maximum Gasteiger partial charge on any atom is 0.282 e. The van der Waals surface area contributed by atoms with Gasteiger partial charge in [0.25, 0.3) is 11.8 Å². The topological polar surface area (TPSA) is 79.4 Å². The Bertz CT molecular complexity index is 1190. The van der Waals surface area contributed by atoms with E-state index in [2.05, 4.69) is 10.4 Å². The Morgan fingerprint density at radius 3 is 2.30 bits per heavy atom. The first-order chi connectivity index (χ1) is 15.7. The van der Waals surface area contributed by atoms with Gasteiger partial charge in [0, 0.05) is 11.8 Å². The van der Waals surface area contributed by atoms with Crippen LogP contribution in [-0.2, 0) is 4.79 Å². The number of hydrazine groups is 1. The standard InChI is InChI=1S/C26H28FN3O3/c1-13(2)23-22-21(18-8-17(27)3-4-19(18)28-23)24(32)30(25(22)33)29-20(31)12-26-9-14-5-15(10-26)7-16(6-14)11-26/h3-4,8,13-16H,5-7,9-12H2,1-2H3,(H,29,31). The van der Waals surface area contributed by atoms with Gasteiger partial charge in [0.15, 0.2) is 0 Å². The molecule has 7 rings (SSSR count). The fourth-order valence-corrected chi connectivity index (χ4v) is 7.54. The molecule has 0 radical (unpaired) electrons. The van der Waals surface area contributed by atoms with Gasteiger partial charge >= 0.3 is 0 Å². The molecule has 4 saturated carbocycles. The lowest BCUT2D eigenvalue weighted by atomic mass is 9.49. The van der Waals surface area contributed by atoms with Gasteiger partial charge in [-0.05, 0) is 85.8 Å². The molecule has 5 aliphatic rings. The van der Waals surface area contributed by atoms with E-state index in [-0.39, 0.29) is 28.4 Å². The smallest absolute Gasteiger partial charge is 0.273 e. The number of nitrogens with zero attached hydrogens (tertiary/aromatic N) is 2. The summed E-state index contributed by atoms with van der Waals surface area (Å²) in [6.45, 7) is 3.79. The van der Waals surface area contributed by atoms with Crippen LogP contribution in [0.25, 0.3) is 10.9 Å². The zero-order chi connectivity index (χ0) is 23.1. The molecule has 0 unspecified atom stereocenters. The van der Waals surface area contributed by atoms with Gasteiger partial charge in [-0.15, -0.1) is 0 Å². The first-order valence-electron chi connectivity index (χ1n) is 12.0. The van der Waals surface area contributed by atoms with Gasteiger partial charge < -0.3 is 0 Å². The van der Waals surface area contributed by atoms with Crippen molar-refractivity contribution in [3.8, 4) is 0 Å². The Morgan fingerprint density at radius 1 is 1.09 bits per heavy atom. The molecule has 4 aliphatic carbocycles. The largest absolute Gasteiger partial charge is 0.282 e. The van der Waals surface area contributed by atoms with E-state index in [1.54, 1.807) is 0 Å². The zero-order valence-electron chi connectivity index (χ0n) is 19.0. The van der Waals surface area contributed by atoms with E-state index in [4.69, 9.17) is 0 Å². The summed E-state index contributed by atoms with van der Waals surface area (Å²) in [4.78, 5) is 44.3. The van der Waals surface area contributed by atoms with E-state index in [1.807, 2.05) is 13.8 Å². The van der Waals surface area contributed by atoms with Gasteiger partial charge in [-0.2, -0.15) is 5.01 Å². The van der Waals surface area contributed by atoms with Gasteiger partial charge in [-0.25, -0.2) is 4.39 Å². The number of benzene rings is 1. The zero-order valence-corrected chi connectivity index (χ0v) is 19.0. The second-order valence-corrected chi connectivity index (χ2v) is 11.1. The van der Waals surface area contributed by atoms with Crippen molar-refractivity contribution < 1.29 is 18.8 Å². The number of carbonyl (C=O) groups excluding carboxylic acids is 3. The summed E-state index contributed by atoms with van der Waals surface area (Å²) in [5.74, 6) is 0.0184. The quantitative estimate of drug-likeness (QED) is 0.685. The van der Waals surface area contributed by atoms with E-state index >= 15 is 0 Å². The van der Waals surface area contributed by atoms with Crippen LogP contribution in [-0.4, -0.2) is 27.7 Å². The second-order valence-electron chi connectivity index (χ2n) is 11.1. The molecular weight excluding hydrogens is 421 g/mol. The molecule has 2 heterocycles. The number of pyridine rings is 1. The molecule has 7 heteroatoms. The van der Waals surface area contributed by atoms with E-state index in [9.17, 15) is 18.8 Å². The van der Waals surface area contributed by atoms with E-state index < -0.39 is 17.6 Å². The summed E-state index contributed by atoms with van der Waals surface area (Å²) in [6.07, 6.45) is 7.41. The number of fused-ring (bicyclic) bond motifs is 3. The lowest BCUT2D eigenvalue weighted by Crippen LogP contribution is -2.51. The minimum atomic E-state index is -0.617. The number of carbonyl (C=O) groups is 3. The Morgan fingerprint density at radius 2 is 1.70 bits per heavy atom. The van der Waals surface area contributed by atoms with E-state index in [0.717, 1.165) is 24.3 Å². The van der Waals surface area contributed by atoms with Crippen molar-refractivity contribution in [2.45, 2.75) is 64.7 Å². The Hall–Kier alpha value is -2.83. The first-order valence-corrected chi connectivity index (χ1v) is 12.0. The molecule has 4 fully saturated rings. The highest BCUT2D eigenvalue weighted by molar-refractivity contribution is 6.26. The summed E-state index contributed by atoms with van der Waals surface area (Å²) in [6, 6.07) is 4.04. The fourth-order valence-electron chi connectivity index (χ4n) is 7.54. The van der Waals surface area contributed by atoms with Gasteiger partial charge in [0.2, 0.25) is 5.91 Å². The van der Waals surface area contributed by atoms with Crippen LogP contribution in [0.15, 0.2) is 18.2 Å². The molecule has 6 nitrogen and oxygen atoms in total. The van der Waals surface area contributed by atoms with Crippen LogP contribution >= 0.6 is 0 Å². The molecule has 1 aromatic heterocycles. The molecule has 1 aliphatic heterocycles. The van der Waals surface area contributed by atoms with Crippen LogP contribution in [0, 0.1) is 29.0 Å². The monoisotopic (exact) mass is 449 g/mol. The van der Waals surface area contributed by atoms with Gasteiger partial charge in [-0.1, -0.05) is 13.8 Å². The minimum absolute atomic E-state index is 0.00201. The number of amides is 3. The molecule has 33 heavy (non-hydrogen) atoms. The van der Waals surface area contributed by atoms with E-state index in [1.165, 1.54) is 37.5 Å². The normalized spacial score (nSPS) is 29.9. The average Bonchev–Trinajstić information content (AvgIpc) is 2.97. The molecule has 0 spiro atoms. The van der Waals surface area contributed by atoms with Crippen LogP contribution in [0.5, 0.6) is 0 Å². The summed E-state index contributed by atoms with van der Waals surface area (Å²) in [5.41, 5.74) is 3.86. The highest BCUT2D eigenvalue weighted by atomic mass is 19.1. The lowest BCUT2D eigenvalue weighted by Gasteiger charge is -2.56. The van der Waals surface area contributed by atoms with Crippen molar-refractivity contribution >= 4 is 28.6 Å². The van der Waals surface area contributed by atoms with Crippen LogP contribution in [0.1, 0.15) is 91.1 Å². The second kappa shape index (κ2) is 7.08. The lowest BCUT2D eigenvalue weighted by molar-refractivity contribution is -0.132. The SMILES string of the molecule is CC(C)c1nc2ccc(F)cc2c2c1C(=O)N(NC(=O)CC13CC4CC(CC(C4)C1)C3)C2=O. The minimum Gasteiger partial charge on any atom is -0.273 e. The molecule has 0 atom stereocenters. The van der Waals surface area contributed by atoms with Gasteiger partial charge in [0.1, 0.15) is 5.82 Å². The third-order valence-electron chi connectivity index (χ3n) is 8.29. The van der Waals surface area contributed by atoms with Crippen molar-refractivity contribution in [2.75, 3.05) is 0 Å². The maximum atomic E-state index is 14.0. The molecule has 1 N–H and O–H groups in total. The summed E-state index contributed by atoms with van der Waals surface area (Å²) in [7, 11) is 0.